The van der Waals surface area contributed by atoms with E-state index in [0.29, 0.717) is 29.5 Å². The van der Waals surface area contributed by atoms with Crippen molar-refractivity contribution in [2.24, 2.45) is 0 Å². The monoisotopic (exact) mass is 556 g/mol. The van der Waals surface area contributed by atoms with Gasteiger partial charge in [0.1, 0.15) is 21.1 Å². The third-order valence-electron chi connectivity index (χ3n) is 5.87. The molecule has 2 aliphatic carbocycles. The predicted molar refractivity (Wildman–Crippen MR) is 143 cm³/mol. The van der Waals surface area contributed by atoms with Gasteiger partial charge in [-0.3, -0.25) is 24.0 Å². The van der Waals surface area contributed by atoms with E-state index in [1.165, 1.54) is 23.5 Å². The van der Waals surface area contributed by atoms with Gasteiger partial charge in [0.25, 0.3) is 5.91 Å². The van der Waals surface area contributed by atoms with Crippen LogP contribution in [0.5, 0.6) is 0 Å². The lowest BCUT2D eigenvalue weighted by Gasteiger charge is -2.18. The molecule has 0 unspecified atom stereocenters. The highest BCUT2D eigenvalue weighted by Crippen LogP contribution is 2.26. The number of fused-ring (bicyclic) bond motifs is 2. The van der Waals surface area contributed by atoms with Gasteiger partial charge in [0.15, 0.2) is 16.6 Å². The molecular weight excluding hydrogens is 528 g/mol. The number of ketones is 4. The zero-order chi connectivity index (χ0) is 27.4. The summed E-state index contributed by atoms with van der Waals surface area (Å²) in [5, 5.41) is 9.49. The van der Waals surface area contributed by atoms with Gasteiger partial charge in [-0.25, -0.2) is 9.97 Å². The lowest BCUT2D eigenvalue weighted by Crippen LogP contribution is -2.31. The summed E-state index contributed by atoms with van der Waals surface area (Å²) in [5.41, 5.74) is 0.709. The molecule has 0 aliphatic heterocycles. The van der Waals surface area contributed by atoms with Crippen LogP contribution in [-0.2, 0) is 0 Å². The normalized spacial score (nSPS) is 14.7. The van der Waals surface area contributed by atoms with Crippen molar-refractivity contribution in [2.75, 3.05) is 39.8 Å². The molecule has 4 rings (SSSR count). The maximum atomic E-state index is 12.8. The van der Waals surface area contributed by atoms with Gasteiger partial charge >= 0.3 is 0 Å². The van der Waals surface area contributed by atoms with Gasteiger partial charge in [-0.15, -0.1) is 22.7 Å². The van der Waals surface area contributed by atoms with Crippen LogP contribution in [0.3, 0.4) is 0 Å². The molecule has 13 heteroatoms. The number of aromatic nitrogens is 2. The van der Waals surface area contributed by atoms with Crippen molar-refractivity contribution in [3.8, 4) is 0 Å². The number of hydrogen-bond donors (Lipinski definition) is 3. The Labute approximate surface area is 227 Å². The minimum Gasteiger partial charge on any atom is -0.382 e. The second-order valence-electron chi connectivity index (χ2n) is 8.83. The number of nitrogens with zero attached hydrogens (tertiary/aromatic N) is 3. The lowest BCUT2D eigenvalue weighted by molar-refractivity contribution is 0.0952. The fourth-order valence-electron chi connectivity index (χ4n) is 4.02. The standard InChI is InChI=1S/C25H28N6O5S2/c1-4-26-24(36)25-30-19-21(35)15(12-17(33)23(19)38-25)28-8-6-10-31(3)9-5-7-27-14-11-16(32)22-18(20(14)34)29-13(2)37-22/h11-12,27-28H,4-10H2,1-3H3,(H,26,36). The first kappa shape index (κ1) is 27.5. The van der Waals surface area contributed by atoms with E-state index in [1.807, 2.05) is 7.05 Å². The van der Waals surface area contributed by atoms with Crippen LogP contribution in [0.15, 0.2) is 23.5 Å². The summed E-state index contributed by atoms with van der Waals surface area (Å²) >= 11 is 2.16. The van der Waals surface area contributed by atoms with Crippen LogP contribution in [0.1, 0.15) is 74.9 Å². The average Bonchev–Trinajstić information content (AvgIpc) is 3.51. The van der Waals surface area contributed by atoms with Crippen LogP contribution in [0.25, 0.3) is 0 Å². The molecule has 0 radical (unpaired) electrons. The average molecular weight is 557 g/mol. The van der Waals surface area contributed by atoms with Crippen molar-refractivity contribution in [1.82, 2.24) is 30.8 Å². The number of Topliss-reactive ketones (excluding diaryl/α,β-unsaturated/α-hetero) is 2. The van der Waals surface area contributed by atoms with E-state index < -0.39 is 11.7 Å². The molecule has 1 amide bonds. The number of aryl methyl sites for hydroxylation is 1. The summed E-state index contributed by atoms with van der Waals surface area (Å²) in [6.45, 7) is 6.49. The molecule has 2 aromatic rings. The molecule has 2 aromatic heterocycles. The van der Waals surface area contributed by atoms with Gasteiger partial charge in [-0.2, -0.15) is 0 Å². The minimum absolute atomic E-state index is 0.0188. The first-order valence-electron chi connectivity index (χ1n) is 12.2. The number of allylic oxidation sites excluding steroid dienone is 4. The lowest BCUT2D eigenvalue weighted by atomic mass is 10.0. The molecule has 0 saturated carbocycles. The molecule has 38 heavy (non-hydrogen) atoms. The highest BCUT2D eigenvalue weighted by molar-refractivity contribution is 7.16. The van der Waals surface area contributed by atoms with Gasteiger partial charge < -0.3 is 20.9 Å². The molecular formula is C25H28N6O5S2. The summed E-state index contributed by atoms with van der Waals surface area (Å²) < 4.78 is 0. The molecule has 200 valence electrons. The summed E-state index contributed by atoms with van der Waals surface area (Å²) in [4.78, 5) is 73.0. The smallest absolute Gasteiger partial charge is 0.280 e. The molecule has 2 aliphatic rings. The van der Waals surface area contributed by atoms with E-state index in [9.17, 15) is 24.0 Å². The number of rotatable bonds is 12. The number of nitrogens with one attached hydrogen (secondary N) is 3. The van der Waals surface area contributed by atoms with E-state index in [1.54, 1.807) is 13.8 Å². The van der Waals surface area contributed by atoms with Crippen LogP contribution >= 0.6 is 22.7 Å². The summed E-state index contributed by atoms with van der Waals surface area (Å²) in [5.74, 6) is -1.58. The second-order valence-corrected chi connectivity index (χ2v) is 11.0. The highest BCUT2D eigenvalue weighted by atomic mass is 32.1. The largest absolute Gasteiger partial charge is 0.382 e. The topological polar surface area (TPSA) is 150 Å². The number of amides is 1. The van der Waals surface area contributed by atoms with Gasteiger partial charge in [0, 0.05) is 31.8 Å². The van der Waals surface area contributed by atoms with E-state index in [2.05, 4.69) is 30.8 Å². The van der Waals surface area contributed by atoms with Crippen LogP contribution in [-0.4, -0.2) is 83.7 Å². The van der Waals surface area contributed by atoms with Gasteiger partial charge in [-0.1, -0.05) is 0 Å². The zero-order valence-corrected chi connectivity index (χ0v) is 22.9. The molecule has 0 saturated heterocycles. The van der Waals surface area contributed by atoms with Crippen LogP contribution in [0, 0.1) is 6.92 Å². The van der Waals surface area contributed by atoms with E-state index in [0.717, 1.165) is 37.3 Å². The van der Waals surface area contributed by atoms with Crippen LogP contribution < -0.4 is 16.0 Å². The molecule has 0 aromatic carbocycles. The van der Waals surface area contributed by atoms with Crippen molar-refractivity contribution < 1.29 is 24.0 Å². The SMILES string of the molecule is CCNC(=O)c1nc2c(s1)C(=O)C=C(NCCCN(C)CCCNC1=CC(=O)c3sc(C)nc3C1=O)C2=O. The zero-order valence-electron chi connectivity index (χ0n) is 21.3. The Kier molecular flexibility index (Phi) is 8.59. The van der Waals surface area contributed by atoms with Crippen molar-refractivity contribution >= 4 is 51.7 Å². The van der Waals surface area contributed by atoms with Gasteiger partial charge in [0.05, 0.1) is 16.4 Å². The number of carbonyl (C=O) groups is 5. The van der Waals surface area contributed by atoms with Gasteiger partial charge in [-0.05, 0) is 46.8 Å². The van der Waals surface area contributed by atoms with Crippen molar-refractivity contribution in [3.05, 3.63) is 54.7 Å². The fourth-order valence-corrected chi connectivity index (χ4v) is 5.74. The first-order chi connectivity index (χ1) is 18.2. The second kappa shape index (κ2) is 11.9. The predicted octanol–water partition coefficient (Wildman–Crippen LogP) is 1.77. The van der Waals surface area contributed by atoms with Gasteiger partial charge in [0.2, 0.25) is 11.6 Å². The van der Waals surface area contributed by atoms with Crippen molar-refractivity contribution in [3.63, 3.8) is 0 Å². The maximum Gasteiger partial charge on any atom is 0.280 e. The Balaban J connectivity index is 1.17. The fraction of sp³-hybridized carbons (Fsp3) is 0.400. The number of hydrogen-bond acceptors (Lipinski definition) is 12. The van der Waals surface area contributed by atoms with E-state index in [4.69, 9.17) is 0 Å². The first-order valence-corrected chi connectivity index (χ1v) is 13.9. The Morgan fingerprint density at radius 1 is 0.868 bits per heavy atom. The molecule has 2 heterocycles. The number of carbonyl (C=O) groups excluding carboxylic acids is 5. The molecule has 0 bridgehead atoms. The molecule has 0 atom stereocenters. The summed E-state index contributed by atoms with van der Waals surface area (Å²) in [6.07, 6.45) is 4.09. The highest BCUT2D eigenvalue weighted by Gasteiger charge is 2.31. The molecule has 3 N–H and O–H groups in total. The van der Waals surface area contributed by atoms with E-state index in [-0.39, 0.29) is 50.0 Å². The van der Waals surface area contributed by atoms with Crippen molar-refractivity contribution in [2.45, 2.75) is 26.7 Å². The minimum atomic E-state index is -0.403. The Hall–Kier alpha value is -3.55. The van der Waals surface area contributed by atoms with Crippen LogP contribution in [0.4, 0.5) is 0 Å². The third-order valence-corrected chi connectivity index (χ3v) is 7.93. The molecule has 0 fully saturated rings. The quantitative estimate of drug-likeness (QED) is 0.330. The summed E-state index contributed by atoms with van der Waals surface area (Å²) in [6, 6.07) is 0. The number of thiazole rings is 2. The third kappa shape index (κ3) is 5.95. The van der Waals surface area contributed by atoms with Crippen molar-refractivity contribution in [1.29, 1.82) is 0 Å². The maximum absolute atomic E-state index is 12.8. The van der Waals surface area contributed by atoms with Crippen LogP contribution in [0.2, 0.25) is 0 Å². The Morgan fingerprint density at radius 3 is 1.95 bits per heavy atom. The van der Waals surface area contributed by atoms with E-state index >= 15 is 0 Å². The molecule has 11 nitrogen and oxygen atoms in total. The molecule has 0 spiro atoms. The Bertz CT molecular complexity index is 1370. The Morgan fingerprint density at radius 2 is 1.39 bits per heavy atom. The summed E-state index contributed by atoms with van der Waals surface area (Å²) in [7, 11) is 1.97.